The quantitative estimate of drug-likeness (QED) is 0.721. The molecule has 2 aromatic carbocycles. The number of phenols is 1. The maximum absolute atomic E-state index is 11.7. The Morgan fingerprint density at radius 1 is 1.06 bits per heavy atom. The van der Waals surface area contributed by atoms with Gasteiger partial charge in [-0.1, -0.05) is 18.2 Å². The standard InChI is InChI=1S/C13H11IN2O2/c14-11-6-1-2-7-12(11)16-13(18)15-9-4-3-5-10(17)8-9/h1-8,17H,(H2,15,16,18). The second kappa shape index (κ2) is 5.72. The maximum Gasteiger partial charge on any atom is 0.323 e. The van der Waals surface area contributed by atoms with E-state index in [-0.39, 0.29) is 11.8 Å². The smallest absolute Gasteiger partial charge is 0.323 e. The number of halogens is 1. The second-order valence-corrected chi connectivity index (χ2v) is 4.77. The molecule has 0 saturated heterocycles. The number of phenolic OH excluding ortho intramolecular Hbond substituents is 1. The topological polar surface area (TPSA) is 61.4 Å². The first-order valence-corrected chi connectivity index (χ1v) is 6.34. The van der Waals surface area contributed by atoms with Gasteiger partial charge in [0, 0.05) is 15.3 Å². The number of carbonyl (C=O) groups is 1. The summed E-state index contributed by atoms with van der Waals surface area (Å²) in [6.45, 7) is 0. The Kier molecular flexibility index (Phi) is 4.03. The zero-order valence-corrected chi connectivity index (χ0v) is 11.5. The fourth-order valence-electron chi connectivity index (χ4n) is 1.43. The number of amides is 2. The van der Waals surface area contributed by atoms with Crippen LogP contribution in [0, 0.1) is 3.57 Å². The third-order valence-corrected chi connectivity index (χ3v) is 3.17. The number of anilines is 2. The summed E-state index contributed by atoms with van der Waals surface area (Å²) in [7, 11) is 0. The highest BCUT2D eigenvalue weighted by Gasteiger charge is 2.05. The van der Waals surface area contributed by atoms with Crippen LogP contribution in [0.2, 0.25) is 0 Å². The Hall–Kier alpha value is -1.76. The molecule has 4 nitrogen and oxygen atoms in total. The largest absolute Gasteiger partial charge is 0.508 e. The number of hydrogen-bond donors (Lipinski definition) is 3. The molecule has 2 aromatic rings. The third-order valence-electron chi connectivity index (χ3n) is 2.23. The molecule has 18 heavy (non-hydrogen) atoms. The summed E-state index contributed by atoms with van der Waals surface area (Å²) in [5, 5.41) is 14.7. The van der Waals surface area contributed by atoms with Gasteiger partial charge in [-0.2, -0.15) is 0 Å². The Balaban J connectivity index is 2.03. The summed E-state index contributed by atoms with van der Waals surface area (Å²) in [4.78, 5) is 11.7. The Bertz CT molecular complexity index is 572. The van der Waals surface area contributed by atoms with Crippen LogP contribution in [-0.2, 0) is 0 Å². The molecule has 3 N–H and O–H groups in total. The van der Waals surface area contributed by atoms with Crippen molar-refractivity contribution in [2.75, 3.05) is 10.6 Å². The van der Waals surface area contributed by atoms with Gasteiger partial charge in [0.2, 0.25) is 0 Å². The molecule has 0 aliphatic rings. The SMILES string of the molecule is O=C(Nc1cccc(O)c1)Nc1ccccc1I. The average molecular weight is 354 g/mol. The number of hydrogen-bond acceptors (Lipinski definition) is 2. The fourth-order valence-corrected chi connectivity index (χ4v) is 1.95. The number of urea groups is 1. The number of nitrogens with one attached hydrogen (secondary N) is 2. The van der Waals surface area contributed by atoms with Crippen LogP contribution >= 0.6 is 22.6 Å². The second-order valence-electron chi connectivity index (χ2n) is 3.61. The van der Waals surface area contributed by atoms with E-state index in [0.29, 0.717) is 5.69 Å². The first kappa shape index (κ1) is 12.7. The fraction of sp³-hybridized carbons (Fsp3) is 0. The van der Waals surface area contributed by atoms with Crippen LogP contribution in [0.1, 0.15) is 0 Å². The normalized spacial score (nSPS) is 9.83. The van der Waals surface area contributed by atoms with Crippen molar-refractivity contribution in [3.8, 4) is 5.75 Å². The number of para-hydroxylation sites is 1. The van der Waals surface area contributed by atoms with Crippen LogP contribution in [0.3, 0.4) is 0 Å². The lowest BCUT2D eigenvalue weighted by Gasteiger charge is -2.09. The van der Waals surface area contributed by atoms with Crippen molar-refractivity contribution in [2.24, 2.45) is 0 Å². The van der Waals surface area contributed by atoms with Crippen molar-refractivity contribution in [1.82, 2.24) is 0 Å². The highest BCUT2D eigenvalue weighted by Crippen LogP contribution is 2.18. The third kappa shape index (κ3) is 3.36. The van der Waals surface area contributed by atoms with Gasteiger partial charge in [-0.25, -0.2) is 4.79 Å². The highest BCUT2D eigenvalue weighted by molar-refractivity contribution is 14.1. The molecule has 0 aromatic heterocycles. The molecular weight excluding hydrogens is 343 g/mol. The summed E-state index contributed by atoms with van der Waals surface area (Å²) in [5.74, 6) is 0.113. The summed E-state index contributed by atoms with van der Waals surface area (Å²) in [6.07, 6.45) is 0. The first-order chi connectivity index (χ1) is 8.65. The zero-order valence-electron chi connectivity index (χ0n) is 9.35. The molecule has 0 saturated carbocycles. The van der Waals surface area contributed by atoms with Crippen molar-refractivity contribution in [2.45, 2.75) is 0 Å². The molecule has 0 atom stereocenters. The van der Waals surface area contributed by atoms with Gasteiger partial charge in [-0.15, -0.1) is 0 Å². The summed E-state index contributed by atoms with van der Waals surface area (Å²) < 4.78 is 0.959. The van der Waals surface area contributed by atoms with E-state index < -0.39 is 0 Å². The van der Waals surface area contributed by atoms with E-state index in [0.717, 1.165) is 9.26 Å². The van der Waals surface area contributed by atoms with E-state index >= 15 is 0 Å². The van der Waals surface area contributed by atoms with E-state index in [1.807, 2.05) is 24.3 Å². The first-order valence-electron chi connectivity index (χ1n) is 5.27. The van der Waals surface area contributed by atoms with Gasteiger partial charge in [0.25, 0.3) is 0 Å². The van der Waals surface area contributed by atoms with Crippen LogP contribution in [0.5, 0.6) is 5.75 Å². The Morgan fingerprint density at radius 2 is 1.83 bits per heavy atom. The number of aromatic hydroxyl groups is 1. The molecule has 2 rings (SSSR count). The monoisotopic (exact) mass is 354 g/mol. The van der Waals surface area contributed by atoms with Crippen LogP contribution in [0.15, 0.2) is 48.5 Å². The van der Waals surface area contributed by atoms with Crippen molar-refractivity contribution >= 4 is 40.0 Å². The molecular formula is C13H11IN2O2. The van der Waals surface area contributed by atoms with Crippen LogP contribution < -0.4 is 10.6 Å². The van der Waals surface area contributed by atoms with Gasteiger partial charge in [0.15, 0.2) is 0 Å². The van der Waals surface area contributed by atoms with E-state index in [1.54, 1.807) is 18.2 Å². The minimum atomic E-state index is -0.343. The molecule has 0 radical (unpaired) electrons. The van der Waals surface area contributed by atoms with Crippen LogP contribution in [0.4, 0.5) is 16.2 Å². The highest BCUT2D eigenvalue weighted by atomic mass is 127. The summed E-state index contributed by atoms with van der Waals surface area (Å²) in [5.41, 5.74) is 1.29. The molecule has 5 heteroatoms. The van der Waals surface area contributed by atoms with Crippen molar-refractivity contribution in [3.63, 3.8) is 0 Å². The average Bonchev–Trinajstić information content (AvgIpc) is 2.32. The lowest BCUT2D eigenvalue weighted by molar-refractivity contribution is 0.262. The van der Waals surface area contributed by atoms with Crippen molar-refractivity contribution in [1.29, 1.82) is 0 Å². The summed E-state index contributed by atoms with van der Waals surface area (Å²) in [6, 6.07) is 13.5. The molecule has 0 aliphatic carbocycles. The number of carbonyl (C=O) groups excluding carboxylic acids is 1. The molecule has 0 heterocycles. The molecule has 92 valence electrons. The van der Waals surface area contributed by atoms with E-state index in [1.165, 1.54) is 6.07 Å². The van der Waals surface area contributed by atoms with E-state index in [4.69, 9.17) is 0 Å². The minimum absolute atomic E-state index is 0.113. The zero-order chi connectivity index (χ0) is 13.0. The van der Waals surface area contributed by atoms with Gasteiger partial charge in [-0.05, 0) is 46.9 Å². The summed E-state index contributed by atoms with van der Waals surface area (Å²) >= 11 is 2.15. The molecule has 2 amide bonds. The van der Waals surface area contributed by atoms with Gasteiger partial charge < -0.3 is 15.7 Å². The van der Waals surface area contributed by atoms with Crippen molar-refractivity contribution in [3.05, 3.63) is 52.1 Å². The van der Waals surface area contributed by atoms with Gasteiger partial charge in [-0.3, -0.25) is 0 Å². The van der Waals surface area contributed by atoms with Crippen molar-refractivity contribution < 1.29 is 9.90 Å². The van der Waals surface area contributed by atoms with Crippen LogP contribution in [-0.4, -0.2) is 11.1 Å². The molecule has 0 aliphatic heterocycles. The molecule has 0 fully saturated rings. The van der Waals surface area contributed by atoms with E-state index in [9.17, 15) is 9.90 Å². The predicted molar refractivity (Wildman–Crippen MR) is 79.9 cm³/mol. The maximum atomic E-state index is 11.7. The Labute approximate surface area is 118 Å². The molecule has 0 unspecified atom stereocenters. The number of rotatable bonds is 2. The molecule has 0 bridgehead atoms. The Morgan fingerprint density at radius 3 is 2.56 bits per heavy atom. The van der Waals surface area contributed by atoms with E-state index in [2.05, 4.69) is 33.2 Å². The van der Waals surface area contributed by atoms with Crippen LogP contribution in [0.25, 0.3) is 0 Å². The predicted octanol–water partition coefficient (Wildman–Crippen LogP) is 3.64. The van der Waals surface area contributed by atoms with Gasteiger partial charge in [0.1, 0.15) is 5.75 Å². The van der Waals surface area contributed by atoms with Gasteiger partial charge in [0.05, 0.1) is 5.69 Å². The minimum Gasteiger partial charge on any atom is -0.508 e. The molecule has 0 spiro atoms. The lowest BCUT2D eigenvalue weighted by atomic mass is 10.3. The lowest BCUT2D eigenvalue weighted by Crippen LogP contribution is -2.19. The number of benzene rings is 2. The van der Waals surface area contributed by atoms with Gasteiger partial charge >= 0.3 is 6.03 Å².